The third kappa shape index (κ3) is 3.84. The number of amides is 1. The average Bonchev–Trinajstić information content (AvgIpc) is 3.48. The highest BCUT2D eigenvalue weighted by Crippen LogP contribution is 2.36. The van der Waals surface area contributed by atoms with Crippen molar-refractivity contribution >= 4 is 40.1 Å². The SMILES string of the molecule is COc1ccc(N2CC(c3nc4ccccc4n3CC(=O)n3nc(C)cc3C)CC2=O)cc1Cl. The molecule has 0 aliphatic carbocycles. The van der Waals surface area contributed by atoms with E-state index in [0.29, 0.717) is 35.2 Å². The minimum atomic E-state index is -0.172. The van der Waals surface area contributed by atoms with Crippen LogP contribution in [0.5, 0.6) is 5.75 Å². The second-order valence-corrected chi connectivity index (χ2v) is 8.91. The van der Waals surface area contributed by atoms with Gasteiger partial charge in [-0.3, -0.25) is 9.59 Å². The summed E-state index contributed by atoms with van der Waals surface area (Å²) in [6.45, 7) is 4.24. The van der Waals surface area contributed by atoms with E-state index in [4.69, 9.17) is 21.3 Å². The first-order valence-electron chi connectivity index (χ1n) is 11.0. The van der Waals surface area contributed by atoms with E-state index in [0.717, 1.165) is 22.4 Å². The highest BCUT2D eigenvalue weighted by Gasteiger charge is 2.35. The zero-order valence-corrected chi connectivity index (χ0v) is 19.9. The predicted molar refractivity (Wildman–Crippen MR) is 130 cm³/mol. The minimum absolute atomic E-state index is 0.0188. The zero-order valence-electron chi connectivity index (χ0n) is 19.2. The summed E-state index contributed by atoms with van der Waals surface area (Å²) in [7, 11) is 1.55. The molecule has 0 bridgehead atoms. The lowest BCUT2D eigenvalue weighted by Gasteiger charge is -2.18. The number of fused-ring (bicyclic) bond motifs is 1. The number of hydrogen-bond acceptors (Lipinski definition) is 5. The Morgan fingerprint density at radius 1 is 1.18 bits per heavy atom. The standard InChI is InChI=1S/C25H24ClN5O3/c1-15-10-16(2)31(28-15)24(33)14-30-21-7-5-4-6-20(21)27-25(30)17-11-23(32)29(13-17)18-8-9-22(34-3)19(26)12-18/h4-10,12,17H,11,13-14H2,1-3H3. The maximum absolute atomic E-state index is 13.2. The molecule has 9 heteroatoms. The fourth-order valence-corrected chi connectivity index (χ4v) is 4.86. The molecule has 4 aromatic rings. The summed E-state index contributed by atoms with van der Waals surface area (Å²) in [6, 6.07) is 14.9. The highest BCUT2D eigenvalue weighted by atomic mass is 35.5. The van der Waals surface area contributed by atoms with E-state index in [-0.39, 0.29) is 24.3 Å². The molecule has 0 N–H and O–H groups in total. The first-order valence-corrected chi connectivity index (χ1v) is 11.4. The van der Waals surface area contributed by atoms with Crippen molar-refractivity contribution in [2.24, 2.45) is 0 Å². The number of anilines is 1. The van der Waals surface area contributed by atoms with Crippen molar-refractivity contribution < 1.29 is 14.3 Å². The Labute approximate surface area is 201 Å². The molecule has 1 aliphatic heterocycles. The molecule has 1 atom stereocenters. The van der Waals surface area contributed by atoms with Crippen LogP contribution < -0.4 is 9.64 Å². The van der Waals surface area contributed by atoms with E-state index >= 15 is 0 Å². The smallest absolute Gasteiger partial charge is 0.267 e. The van der Waals surface area contributed by atoms with E-state index < -0.39 is 0 Å². The first kappa shape index (κ1) is 22.2. The molecule has 2 aromatic heterocycles. The van der Waals surface area contributed by atoms with Crippen LogP contribution in [0.1, 0.15) is 34.3 Å². The number of carbonyl (C=O) groups is 2. The van der Waals surface area contributed by atoms with E-state index in [2.05, 4.69) is 5.10 Å². The number of hydrogen-bond donors (Lipinski definition) is 0. The molecule has 1 amide bonds. The number of para-hydroxylation sites is 2. The molecule has 1 aliphatic rings. The summed E-state index contributed by atoms with van der Waals surface area (Å²) < 4.78 is 8.57. The fraction of sp³-hybridized carbons (Fsp3) is 0.280. The number of halogens is 1. The predicted octanol–water partition coefficient (Wildman–Crippen LogP) is 4.37. The summed E-state index contributed by atoms with van der Waals surface area (Å²) >= 11 is 6.29. The minimum Gasteiger partial charge on any atom is -0.495 e. The fourth-order valence-electron chi connectivity index (χ4n) is 4.61. The maximum atomic E-state index is 13.2. The maximum Gasteiger partial charge on any atom is 0.267 e. The van der Waals surface area contributed by atoms with Gasteiger partial charge in [0.1, 0.15) is 18.1 Å². The molecule has 1 fully saturated rings. The van der Waals surface area contributed by atoms with Gasteiger partial charge in [-0.2, -0.15) is 5.10 Å². The van der Waals surface area contributed by atoms with Gasteiger partial charge >= 0.3 is 0 Å². The third-order valence-electron chi connectivity index (χ3n) is 6.16. The number of benzene rings is 2. The second-order valence-electron chi connectivity index (χ2n) is 8.50. The summed E-state index contributed by atoms with van der Waals surface area (Å²) in [5.41, 5.74) is 3.92. The molecule has 1 saturated heterocycles. The Morgan fingerprint density at radius 3 is 2.68 bits per heavy atom. The van der Waals surface area contributed by atoms with Crippen LogP contribution in [0.25, 0.3) is 11.0 Å². The van der Waals surface area contributed by atoms with E-state index in [1.165, 1.54) is 4.68 Å². The largest absolute Gasteiger partial charge is 0.495 e. The average molecular weight is 478 g/mol. The number of nitrogens with zero attached hydrogens (tertiary/aromatic N) is 5. The van der Waals surface area contributed by atoms with Crippen LogP contribution in [0.4, 0.5) is 5.69 Å². The second kappa shape index (κ2) is 8.61. The Hall–Kier alpha value is -3.65. The lowest BCUT2D eigenvalue weighted by Crippen LogP contribution is -2.25. The van der Waals surface area contributed by atoms with Crippen molar-refractivity contribution in [2.75, 3.05) is 18.6 Å². The number of ether oxygens (including phenoxy) is 1. The van der Waals surface area contributed by atoms with Crippen LogP contribution in [-0.2, 0) is 11.3 Å². The summed E-state index contributed by atoms with van der Waals surface area (Å²) in [5, 5.41) is 4.78. The summed E-state index contributed by atoms with van der Waals surface area (Å²) in [5.74, 6) is 0.923. The number of methoxy groups -OCH3 is 1. The molecule has 5 rings (SSSR count). The van der Waals surface area contributed by atoms with Crippen LogP contribution in [0.3, 0.4) is 0 Å². The molecule has 1 unspecified atom stereocenters. The topological polar surface area (TPSA) is 82.2 Å². The Morgan fingerprint density at radius 2 is 1.97 bits per heavy atom. The molecular formula is C25H24ClN5O3. The van der Waals surface area contributed by atoms with Crippen molar-refractivity contribution in [2.45, 2.75) is 32.7 Å². The number of rotatable bonds is 5. The van der Waals surface area contributed by atoms with Crippen LogP contribution in [0.2, 0.25) is 5.02 Å². The van der Waals surface area contributed by atoms with E-state index in [1.807, 2.05) is 54.8 Å². The van der Waals surface area contributed by atoms with Crippen molar-refractivity contribution in [3.05, 3.63) is 70.8 Å². The molecule has 0 saturated carbocycles. The lowest BCUT2D eigenvalue weighted by molar-refractivity contribution is -0.117. The quantitative estimate of drug-likeness (QED) is 0.426. The molecular weight excluding hydrogens is 454 g/mol. The Balaban J connectivity index is 1.49. The Kier molecular flexibility index (Phi) is 5.61. The molecule has 8 nitrogen and oxygen atoms in total. The van der Waals surface area contributed by atoms with Gasteiger partial charge in [-0.15, -0.1) is 0 Å². The van der Waals surface area contributed by atoms with Crippen molar-refractivity contribution in [3.8, 4) is 5.75 Å². The van der Waals surface area contributed by atoms with Gasteiger partial charge in [0.2, 0.25) is 5.91 Å². The monoisotopic (exact) mass is 477 g/mol. The number of aryl methyl sites for hydroxylation is 2. The summed E-state index contributed by atoms with van der Waals surface area (Å²) in [6.07, 6.45) is 0.293. The van der Waals surface area contributed by atoms with Gasteiger partial charge in [0.25, 0.3) is 5.91 Å². The normalized spacial score (nSPS) is 15.9. The number of carbonyl (C=O) groups excluding carboxylic acids is 2. The zero-order chi connectivity index (χ0) is 24.0. The van der Waals surface area contributed by atoms with Crippen LogP contribution in [-0.4, -0.2) is 44.8 Å². The van der Waals surface area contributed by atoms with Gasteiger partial charge in [-0.1, -0.05) is 23.7 Å². The van der Waals surface area contributed by atoms with Crippen LogP contribution in [0, 0.1) is 13.8 Å². The van der Waals surface area contributed by atoms with Gasteiger partial charge in [0.15, 0.2) is 0 Å². The Bertz CT molecular complexity index is 1420. The van der Waals surface area contributed by atoms with Gasteiger partial charge in [-0.05, 0) is 50.2 Å². The lowest BCUT2D eigenvalue weighted by atomic mass is 10.1. The van der Waals surface area contributed by atoms with E-state index in [9.17, 15) is 9.59 Å². The molecule has 0 radical (unpaired) electrons. The van der Waals surface area contributed by atoms with Gasteiger partial charge < -0.3 is 14.2 Å². The van der Waals surface area contributed by atoms with Crippen LogP contribution >= 0.6 is 11.6 Å². The van der Waals surface area contributed by atoms with Crippen molar-refractivity contribution in [3.63, 3.8) is 0 Å². The van der Waals surface area contributed by atoms with Gasteiger partial charge in [0.05, 0.1) is 28.9 Å². The van der Waals surface area contributed by atoms with Crippen LogP contribution in [0.15, 0.2) is 48.5 Å². The molecule has 34 heavy (non-hydrogen) atoms. The van der Waals surface area contributed by atoms with Gasteiger partial charge in [-0.25, -0.2) is 9.67 Å². The number of aromatic nitrogens is 4. The third-order valence-corrected chi connectivity index (χ3v) is 6.46. The molecule has 174 valence electrons. The number of imidazole rings is 1. The highest BCUT2D eigenvalue weighted by molar-refractivity contribution is 6.32. The van der Waals surface area contributed by atoms with Crippen molar-refractivity contribution in [1.29, 1.82) is 0 Å². The molecule has 3 heterocycles. The van der Waals surface area contributed by atoms with E-state index in [1.54, 1.807) is 24.1 Å². The molecule has 0 spiro atoms. The van der Waals surface area contributed by atoms with Crippen molar-refractivity contribution in [1.82, 2.24) is 19.3 Å². The van der Waals surface area contributed by atoms with Gasteiger partial charge in [0, 0.05) is 30.3 Å². The first-order chi connectivity index (χ1) is 16.4. The summed E-state index contributed by atoms with van der Waals surface area (Å²) in [4.78, 5) is 32.7. The molecule has 2 aromatic carbocycles.